The van der Waals surface area contributed by atoms with Crippen molar-refractivity contribution in [3.8, 4) is 11.4 Å². The molecule has 1 unspecified atom stereocenters. The van der Waals surface area contributed by atoms with E-state index in [1.165, 1.54) is 0 Å². The number of aliphatic carboxylic acids is 1. The number of carbonyl (C=O) groups is 2. The summed E-state index contributed by atoms with van der Waals surface area (Å²) in [7, 11) is 0. The van der Waals surface area contributed by atoms with Gasteiger partial charge in [-0.3, -0.25) is 4.79 Å². The first-order valence-corrected chi connectivity index (χ1v) is 10.4. The van der Waals surface area contributed by atoms with Crippen molar-refractivity contribution in [1.82, 2.24) is 15.1 Å². The Labute approximate surface area is 193 Å². The van der Waals surface area contributed by atoms with Crippen molar-refractivity contribution in [2.75, 3.05) is 0 Å². The number of rotatable bonds is 9. The van der Waals surface area contributed by atoms with E-state index in [9.17, 15) is 22.8 Å². The second-order valence-electron chi connectivity index (χ2n) is 7.33. The molecule has 7 nitrogen and oxygen atoms in total. The molecule has 3 rings (SSSR count). The van der Waals surface area contributed by atoms with E-state index in [2.05, 4.69) is 10.4 Å². The molecule has 0 spiro atoms. The van der Waals surface area contributed by atoms with Gasteiger partial charge in [0.25, 0.3) is 5.91 Å². The largest absolute Gasteiger partial charge is 0.486 e. The average molecular weight is 473 g/mol. The van der Waals surface area contributed by atoms with E-state index >= 15 is 0 Å². The third-order valence-electron chi connectivity index (χ3n) is 4.83. The van der Waals surface area contributed by atoms with E-state index in [-0.39, 0.29) is 6.10 Å². The maximum atomic E-state index is 12.8. The molecule has 0 aliphatic heterocycles. The molecule has 0 aliphatic rings. The molecular formula is C24H22F3N3O4. The van der Waals surface area contributed by atoms with Crippen LogP contribution in [0.4, 0.5) is 13.2 Å². The van der Waals surface area contributed by atoms with Gasteiger partial charge >= 0.3 is 12.1 Å². The highest BCUT2D eigenvalue weighted by Crippen LogP contribution is 2.30. The quantitative estimate of drug-likeness (QED) is 0.420. The Bertz CT molecular complexity index is 1150. The van der Waals surface area contributed by atoms with Crippen LogP contribution in [-0.2, 0) is 11.0 Å². The fourth-order valence-electron chi connectivity index (χ4n) is 3.13. The normalized spacial score (nSPS) is 12.5. The van der Waals surface area contributed by atoms with Crippen molar-refractivity contribution in [2.45, 2.75) is 32.0 Å². The molecule has 1 amide bonds. The van der Waals surface area contributed by atoms with Crippen LogP contribution in [0.2, 0.25) is 0 Å². The van der Waals surface area contributed by atoms with Crippen molar-refractivity contribution in [2.24, 2.45) is 0 Å². The van der Waals surface area contributed by atoms with Crippen LogP contribution in [0.25, 0.3) is 5.69 Å². The summed E-state index contributed by atoms with van der Waals surface area (Å²) in [4.78, 5) is 22.6. The zero-order valence-corrected chi connectivity index (χ0v) is 18.1. The number of hydrogen-bond donors (Lipinski definition) is 2. The van der Waals surface area contributed by atoms with E-state index in [1.54, 1.807) is 48.5 Å². The smallest absolute Gasteiger partial charge is 0.419 e. The third kappa shape index (κ3) is 6.47. The first-order valence-electron chi connectivity index (χ1n) is 10.4. The Kier molecular flexibility index (Phi) is 7.72. The number of benzene rings is 2. The summed E-state index contributed by atoms with van der Waals surface area (Å²) in [6.07, 6.45) is 0.338. The highest BCUT2D eigenvalue weighted by atomic mass is 19.4. The Morgan fingerprint density at radius 3 is 2.38 bits per heavy atom. The predicted molar refractivity (Wildman–Crippen MR) is 118 cm³/mol. The summed E-state index contributed by atoms with van der Waals surface area (Å²) in [6, 6.07) is 13.3. The summed E-state index contributed by atoms with van der Waals surface area (Å²) >= 11 is 0. The molecule has 0 saturated heterocycles. The number of amides is 1. The number of aromatic nitrogens is 2. The van der Waals surface area contributed by atoms with Gasteiger partial charge in [-0.25, -0.2) is 9.48 Å². The molecule has 0 saturated carbocycles. The van der Waals surface area contributed by atoms with Gasteiger partial charge in [0.1, 0.15) is 11.9 Å². The lowest BCUT2D eigenvalue weighted by Crippen LogP contribution is -2.17. The minimum absolute atomic E-state index is 0.304. The molecule has 10 heteroatoms. The zero-order chi connectivity index (χ0) is 24.7. The molecule has 0 aliphatic carbocycles. The molecule has 1 aromatic heterocycles. The van der Waals surface area contributed by atoms with Crippen molar-refractivity contribution in [1.29, 1.82) is 0 Å². The summed E-state index contributed by atoms with van der Waals surface area (Å²) in [5, 5.41) is 14.7. The summed E-state index contributed by atoms with van der Waals surface area (Å²) in [6.45, 7) is 2.01. The number of nitrogens with one attached hydrogen (secondary N) is 1. The monoisotopic (exact) mass is 473 g/mol. The Hall–Kier alpha value is -4.08. The molecule has 2 N–H and O–H groups in total. The van der Waals surface area contributed by atoms with Crippen LogP contribution in [-0.4, -0.2) is 26.8 Å². The van der Waals surface area contributed by atoms with Crippen LogP contribution >= 0.6 is 0 Å². The van der Waals surface area contributed by atoms with Gasteiger partial charge in [-0.2, -0.15) is 18.3 Å². The summed E-state index contributed by atoms with van der Waals surface area (Å²) < 4.78 is 45.6. The molecule has 178 valence electrons. The van der Waals surface area contributed by atoms with Gasteiger partial charge in [-0.05, 0) is 48.4 Å². The van der Waals surface area contributed by atoms with Crippen LogP contribution in [0.5, 0.6) is 5.75 Å². The fourth-order valence-corrected chi connectivity index (χ4v) is 3.13. The van der Waals surface area contributed by atoms with E-state index in [4.69, 9.17) is 9.84 Å². The number of hydrogen-bond acceptors (Lipinski definition) is 4. The second kappa shape index (κ2) is 10.7. The average Bonchev–Trinajstić information content (AvgIpc) is 3.30. The van der Waals surface area contributed by atoms with E-state index in [0.29, 0.717) is 23.4 Å². The highest BCUT2D eigenvalue weighted by Gasteiger charge is 2.32. The van der Waals surface area contributed by atoms with Crippen molar-refractivity contribution in [3.05, 3.63) is 89.9 Å². The fraction of sp³-hybridized carbons (Fsp3) is 0.208. The highest BCUT2D eigenvalue weighted by molar-refractivity contribution is 5.95. The molecule has 1 atom stereocenters. The molecular weight excluding hydrogens is 451 g/mol. The van der Waals surface area contributed by atoms with Gasteiger partial charge in [0.05, 0.1) is 17.4 Å². The minimum atomic E-state index is -4.46. The number of nitrogens with zero attached hydrogens (tertiary/aromatic N) is 2. The van der Waals surface area contributed by atoms with Gasteiger partial charge in [-0.1, -0.05) is 25.5 Å². The molecule has 0 fully saturated rings. The van der Waals surface area contributed by atoms with Gasteiger partial charge < -0.3 is 15.2 Å². The number of carboxylic acids is 1. The SMILES string of the molecule is CCCC(Oc1ccc(-n2cc(C(F)(F)F)cn2)cc1)c1ccc(C(=O)N/C=C/C(=O)O)cc1. The number of carbonyl (C=O) groups excluding carboxylic acids is 1. The zero-order valence-electron chi connectivity index (χ0n) is 18.1. The van der Waals surface area contributed by atoms with Crippen molar-refractivity contribution in [3.63, 3.8) is 0 Å². The molecule has 2 aromatic carbocycles. The number of ether oxygens (including phenoxy) is 1. The summed E-state index contributed by atoms with van der Waals surface area (Å²) in [5.41, 5.74) is 0.828. The van der Waals surface area contributed by atoms with Crippen LogP contribution in [0.15, 0.2) is 73.2 Å². The van der Waals surface area contributed by atoms with Gasteiger partial charge in [0.2, 0.25) is 0 Å². The van der Waals surface area contributed by atoms with E-state index in [0.717, 1.165) is 41.3 Å². The third-order valence-corrected chi connectivity index (χ3v) is 4.83. The summed E-state index contributed by atoms with van der Waals surface area (Å²) in [5.74, 6) is -1.08. The Balaban J connectivity index is 1.69. The Morgan fingerprint density at radius 1 is 1.15 bits per heavy atom. The van der Waals surface area contributed by atoms with Gasteiger partial charge in [0.15, 0.2) is 0 Å². The maximum absolute atomic E-state index is 12.8. The molecule has 0 bridgehead atoms. The number of halogens is 3. The number of alkyl halides is 3. The lowest BCUT2D eigenvalue weighted by atomic mass is 10.0. The molecule has 0 radical (unpaired) electrons. The lowest BCUT2D eigenvalue weighted by Gasteiger charge is -2.19. The van der Waals surface area contributed by atoms with Crippen LogP contribution in [0.1, 0.15) is 47.4 Å². The second-order valence-corrected chi connectivity index (χ2v) is 7.33. The standard InChI is InChI=1S/C24H22F3N3O4/c1-2-3-21(16-4-6-17(7-5-16)23(33)28-13-12-22(31)32)34-20-10-8-19(9-11-20)30-15-18(14-29-30)24(25,26)27/h4-15,21H,2-3H2,1H3,(H,28,33)(H,31,32)/b13-12+. The minimum Gasteiger partial charge on any atom is -0.486 e. The van der Waals surface area contributed by atoms with Crippen LogP contribution in [0.3, 0.4) is 0 Å². The van der Waals surface area contributed by atoms with E-state index in [1.807, 2.05) is 6.92 Å². The van der Waals surface area contributed by atoms with E-state index < -0.39 is 23.6 Å². The van der Waals surface area contributed by atoms with Gasteiger partial charge in [-0.15, -0.1) is 0 Å². The van der Waals surface area contributed by atoms with Crippen molar-refractivity contribution < 1.29 is 32.6 Å². The molecule has 34 heavy (non-hydrogen) atoms. The van der Waals surface area contributed by atoms with Gasteiger partial charge in [0, 0.05) is 24.0 Å². The Morgan fingerprint density at radius 2 is 1.82 bits per heavy atom. The van der Waals surface area contributed by atoms with Crippen LogP contribution < -0.4 is 10.1 Å². The van der Waals surface area contributed by atoms with Crippen LogP contribution in [0, 0.1) is 0 Å². The number of carboxylic acid groups (broad SMARTS) is 1. The molecule has 3 aromatic rings. The first-order chi connectivity index (χ1) is 16.2. The lowest BCUT2D eigenvalue weighted by molar-refractivity contribution is -0.137. The first kappa shape index (κ1) is 24.6. The topological polar surface area (TPSA) is 93.5 Å². The van der Waals surface area contributed by atoms with Crippen molar-refractivity contribution >= 4 is 11.9 Å². The maximum Gasteiger partial charge on any atom is 0.419 e. The predicted octanol–water partition coefficient (Wildman–Crippen LogP) is 5.14. The molecule has 1 heterocycles.